The van der Waals surface area contributed by atoms with Crippen LogP contribution in [0.2, 0.25) is 0 Å². The van der Waals surface area contributed by atoms with Crippen molar-refractivity contribution >= 4 is 11.6 Å². The number of carbonyl (C=O) groups is 1. The summed E-state index contributed by atoms with van der Waals surface area (Å²) < 4.78 is 5.34. The molecule has 2 unspecified atom stereocenters. The Kier molecular flexibility index (Phi) is 3.84. The molecule has 1 aliphatic rings. The smallest absolute Gasteiger partial charge is 0.233 e. The second-order valence-electron chi connectivity index (χ2n) is 4.45. The van der Waals surface area contributed by atoms with Crippen LogP contribution in [-0.4, -0.2) is 44.4 Å². The Morgan fingerprint density at radius 3 is 2.67 bits per heavy atom. The van der Waals surface area contributed by atoms with Crippen LogP contribution in [0.15, 0.2) is 24.3 Å². The fraction of sp³-hybridized carbons (Fsp3) is 0.462. The Labute approximate surface area is 106 Å². The second kappa shape index (κ2) is 5.37. The number of rotatable bonds is 3. The van der Waals surface area contributed by atoms with Crippen LogP contribution in [-0.2, 0) is 9.53 Å². The minimum Gasteiger partial charge on any atom is -0.508 e. The first-order valence-corrected chi connectivity index (χ1v) is 5.95. The molecule has 1 amide bonds. The van der Waals surface area contributed by atoms with Crippen LogP contribution in [0.3, 0.4) is 0 Å². The molecule has 1 aromatic rings. The first-order valence-electron chi connectivity index (χ1n) is 5.95. The number of amides is 1. The van der Waals surface area contributed by atoms with Crippen molar-refractivity contribution in [2.45, 2.75) is 6.04 Å². The maximum atomic E-state index is 12.3. The van der Waals surface area contributed by atoms with Gasteiger partial charge in [0.15, 0.2) is 0 Å². The fourth-order valence-electron chi connectivity index (χ4n) is 2.13. The van der Waals surface area contributed by atoms with Gasteiger partial charge in [-0.3, -0.25) is 4.79 Å². The van der Waals surface area contributed by atoms with Gasteiger partial charge in [0.05, 0.1) is 19.1 Å². The summed E-state index contributed by atoms with van der Waals surface area (Å²) in [6, 6.07) is 6.64. The number of anilines is 1. The predicted octanol–water partition coefficient (Wildman–Crippen LogP) is 0.589. The van der Waals surface area contributed by atoms with Crippen molar-refractivity contribution in [3.63, 3.8) is 0 Å². The third-order valence-electron chi connectivity index (χ3n) is 3.34. The highest BCUT2D eigenvalue weighted by atomic mass is 16.5. The Hall–Kier alpha value is -1.59. The van der Waals surface area contributed by atoms with Gasteiger partial charge in [-0.25, -0.2) is 0 Å². The molecular weight excluding hydrogens is 232 g/mol. The molecule has 0 aliphatic carbocycles. The molecule has 1 aliphatic heterocycles. The van der Waals surface area contributed by atoms with E-state index in [-0.39, 0.29) is 23.6 Å². The van der Waals surface area contributed by atoms with E-state index in [1.807, 2.05) is 7.05 Å². The van der Waals surface area contributed by atoms with Crippen molar-refractivity contribution in [1.82, 2.24) is 5.32 Å². The molecule has 1 fully saturated rings. The minimum atomic E-state index is -0.159. The van der Waals surface area contributed by atoms with Gasteiger partial charge in [-0.2, -0.15) is 0 Å². The number of phenols is 1. The molecule has 98 valence electrons. The van der Waals surface area contributed by atoms with Gasteiger partial charge in [0.25, 0.3) is 0 Å². The number of nitrogens with one attached hydrogen (secondary N) is 1. The molecule has 2 N–H and O–H groups in total. The molecule has 1 heterocycles. The summed E-state index contributed by atoms with van der Waals surface area (Å²) in [4.78, 5) is 13.9. The van der Waals surface area contributed by atoms with Crippen molar-refractivity contribution in [3.05, 3.63) is 24.3 Å². The maximum Gasteiger partial charge on any atom is 0.233 e. The van der Waals surface area contributed by atoms with E-state index in [4.69, 9.17) is 4.74 Å². The van der Waals surface area contributed by atoms with Crippen molar-refractivity contribution in [3.8, 4) is 5.75 Å². The summed E-state index contributed by atoms with van der Waals surface area (Å²) in [6.45, 7) is 1.02. The first-order chi connectivity index (χ1) is 8.63. The van der Waals surface area contributed by atoms with E-state index in [9.17, 15) is 9.90 Å². The van der Waals surface area contributed by atoms with E-state index in [2.05, 4.69) is 5.32 Å². The van der Waals surface area contributed by atoms with Crippen molar-refractivity contribution in [1.29, 1.82) is 0 Å². The number of likely N-dealkylation sites (N-methyl/N-ethyl adjacent to an activating group) is 1. The average Bonchev–Trinajstić information content (AvgIpc) is 2.86. The summed E-state index contributed by atoms with van der Waals surface area (Å²) in [5.41, 5.74) is 0.763. The third-order valence-corrected chi connectivity index (χ3v) is 3.34. The number of hydrogen-bond donors (Lipinski definition) is 2. The van der Waals surface area contributed by atoms with E-state index in [1.54, 1.807) is 36.2 Å². The molecule has 18 heavy (non-hydrogen) atoms. The molecule has 2 rings (SSSR count). The monoisotopic (exact) mass is 250 g/mol. The molecular formula is C13H18N2O3. The standard InChI is InChI=1S/C13H18N2O3/c1-14-12-8-18-7-11(12)13(17)15(2)9-3-5-10(16)6-4-9/h3-6,11-12,14,16H,7-8H2,1-2H3. The predicted molar refractivity (Wildman–Crippen MR) is 68.7 cm³/mol. The lowest BCUT2D eigenvalue weighted by Crippen LogP contribution is -2.43. The van der Waals surface area contributed by atoms with Gasteiger partial charge in [0, 0.05) is 18.8 Å². The lowest BCUT2D eigenvalue weighted by atomic mass is 10.0. The lowest BCUT2D eigenvalue weighted by molar-refractivity contribution is -0.122. The van der Waals surface area contributed by atoms with E-state index >= 15 is 0 Å². The third kappa shape index (κ3) is 2.47. The molecule has 0 radical (unpaired) electrons. The van der Waals surface area contributed by atoms with Crippen LogP contribution >= 0.6 is 0 Å². The van der Waals surface area contributed by atoms with Crippen LogP contribution in [0.5, 0.6) is 5.75 Å². The van der Waals surface area contributed by atoms with Crippen molar-refractivity contribution in [2.75, 3.05) is 32.2 Å². The number of ether oxygens (including phenoxy) is 1. The Morgan fingerprint density at radius 2 is 2.06 bits per heavy atom. The van der Waals surface area contributed by atoms with E-state index in [0.717, 1.165) is 5.69 Å². The number of nitrogens with zero attached hydrogens (tertiary/aromatic N) is 1. The zero-order chi connectivity index (χ0) is 13.1. The van der Waals surface area contributed by atoms with Gasteiger partial charge in [-0.1, -0.05) is 0 Å². The molecule has 5 heteroatoms. The van der Waals surface area contributed by atoms with Crippen molar-refractivity contribution < 1.29 is 14.6 Å². The number of phenolic OH excluding ortho intramolecular Hbond substituents is 1. The second-order valence-corrected chi connectivity index (χ2v) is 4.45. The van der Waals surface area contributed by atoms with Gasteiger partial charge in [0.1, 0.15) is 5.75 Å². The molecule has 0 bridgehead atoms. The quantitative estimate of drug-likeness (QED) is 0.824. The van der Waals surface area contributed by atoms with Crippen LogP contribution in [0.1, 0.15) is 0 Å². The van der Waals surface area contributed by atoms with E-state index in [0.29, 0.717) is 13.2 Å². The Morgan fingerprint density at radius 1 is 1.39 bits per heavy atom. The zero-order valence-electron chi connectivity index (χ0n) is 10.6. The number of carbonyl (C=O) groups excluding carboxylic acids is 1. The molecule has 1 aromatic carbocycles. The largest absolute Gasteiger partial charge is 0.508 e. The highest BCUT2D eigenvalue weighted by Crippen LogP contribution is 2.22. The summed E-state index contributed by atoms with van der Waals surface area (Å²) >= 11 is 0. The number of aromatic hydroxyl groups is 1. The lowest BCUT2D eigenvalue weighted by Gasteiger charge is -2.23. The van der Waals surface area contributed by atoms with E-state index < -0.39 is 0 Å². The Bertz CT molecular complexity index is 419. The normalized spacial score (nSPS) is 23.0. The highest BCUT2D eigenvalue weighted by molar-refractivity contribution is 5.95. The van der Waals surface area contributed by atoms with Gasteiger partial charge >= 0.3 is 0 Å². The van der Waals surface area contributed by atoms with Crippen LogP contribution < -0.4 is 10.2 Å². The molecule has 0 aromatic heterocycles. The average molecular weight is 250 g/mol. The zero-order valence-corrected chi connectivity index (χ0v) is 10.6. The SMILES string of the molecule is CNC1COCC1C(=O)N(C)c1ccc(O)cc1. The molecule has 0 spiro atoms. The molecule has 1 saturated heterocycles. The summed E-state index contributed by atoms with van der Waals surface area (Å²) in [5.74, 6) is 0.0586. The summed E-state index contributed by atoms with van der Waals surface area (Å²) in [5, 5.41) is 12.3. The highest BCUT2D eigenvalue weighted by Gasteiger charge is 2.35. The van der Waals surface area contributed by atoms with Gasteiger partial charge in [-0.15, -0.1) is 0 Å². The first kappa shape index (κ1) is 12.9. The van der Waals surface area contributed by atoms with Crippen LogP contribution in [0.4, 0.5) is 5.69 Å². The van der Waals surface area contributed by atoms with Crippen molar-refractivity contribution in [2.24, 2.45) is 5.92 Å². The van der Waals surface area contributed by atoms with E-state index in [1.165, 1.54) is 0 Å². The van der Waals surface area contributed by atoms with Gasteiger partial charge in [0.2, 0.25) is 5.91 Å². The fourth-order valence-corrected chi connectivity index (χ4v) is 2.13. The maximum absolute atomic E-state index is 12.3. The number of benzene rings is 1. The van der Waals surface area contributed by atoms with Gasteiger partial charge < -0.3 is 20.1 Å². The summed E-state index contributed by atoms with van der Waals surface area (Å²) in [7, 11) is 3.57. The van der Waals surface area contributed by atoms with Crippen LogP contribution in [0, 0.1) is 5.92 Å². The molecule has 0 saturated carbocycles. The summed E-state index contributed by atoms with van der Waals surface area (Å²) in [6.07, 6.45) is 0. The Balaban J connectivity index is 2.11. The topological polar surface area (TPSA) is 61.8 Å². The minimum absolute atomic E-state index is 0.0255. The molecule has 5 nitrogen and oxygen atoms in total. The van der Waals surface area contributed by atoms with Crippen LogP contribution in [0.25, 0.3) is 0 Å². The molecule has 2 atom stereocenters. The van der Waals surface area contributed by atoms with Gasteiger partial charge in [-0.05, 0) is 31.3 Å². The number of hydrogen-bond acceptors (Lipinski definition) is 4.